The number of nitrogens with one attached hydrogen (secondary N) is 1. The van der Waals surface area contributed by atoms with Gasteiger partial charge in [-0.2, -0.15) is 0 Å². The maximum Gasteiger partial charge on any atom is 0.0472 e. The van der Waals surface area contributed by atoms with E-state index in [0.29, 0.717) is 12.0 Å². The highest BCUT2D eigenvalue weighted by Crippen LogP contribution is 2.30. The summed E-state index contributed by atoms with van der Waals surface area (Å²) in [7, 11) is 2.03. The van der Waals surface area contributed by atoms with Crippen LogP contribution in [0.15, 0.2) is 0 Å². The fourth-order valence-corrected chi connectivity index (χ4v) is 2.69. The lowest BCUT2D eigenvalue weighted by Crippen LogP contribution is -2.47. The molecule has 0 bridgehead atoms. The number of aliphatic hydroxyl groups excluding tert-OH is 1. The van der Waals surface area contributed by atoms with Crippen molar-refractivity contribution in [1.82, 2.24) is 10.2 Å². The monoisotopic (exact) mass is 244 g/mol. The molecule has 2 N–H and O–H groups in total. The molecule has 1 heterocycles. The maximum atomic E-state index is 8.93. The van der Waals surface area contributed by atoms with Crippen molar-refractivity contribution in [3.05, 3.63) is 0 Å². The van der Waals surface area contributed by atoms with E-state index in [4.69, 9.17) is 9.84 Å². The number of aliphatic hydroxyl groups is 1. The first-order chi connectivity index (χ1) is 8.26. The van der Waals surface area contributed by atoms with Crippen molar-refractivity contribution in [2.45, 2.75) is 26.2 Å². The van der Waals surface area contributed by atoms with Crippen LogP contribution in [0.25, 0.3) is 0 Å². The Labute approximate surface area is 105 Å². The van der Waals surface area contributed by atoms with E-state index in [2.05, 4.69) is 17.1 Å². The van der Waals surface area contributed by atoms with Crippen molar-refractivity contribution in [3.63, 3.8) is 0 Å². The summed E-state index contributed by atoms with van der Waals surface area (Å²) >= 11 is 0. The topological polar surface area (TPSA) is 44.7 Å². The van der Waals surface area contributed by atoms with Crippen LogP contribution in [0.5, 0.6) is 0 Å². The zero-order valence-corrected chi connectivity index (χ0v) is 11.4. The van der Waals surface area contributed by atoms with E-state index in [-0.39, 0.29) is 0 Å². The number of hydrogen-bond acceptors (Lipinski definition) is 4. The molecule has 0 radical (unpaired) electrons. The molecule has 4 nitrogen and oxygen atoms in total. The van der Waals surface area contributed by atoms with Crippen LogP contribution in [0.4, 0.5) is 0 Å². The van der Waals surface area contributed by atoms with Gasteiger partial charge in [0.25, 0.3) is 0 Å². The first-order valence-electron chi connectivity index (χ1n) is 6.82. The molecule has 4 heteroatoms. The number of ether oxygens (including phenoxy) is 1. The van der Waals surface area contributed by atoms with Crippen LogP contribution in [-0.4, -0.2) is 63.1 Å². The SMILES string of the molecule is CCN(CCCO)CC1(CNC)CCOCC1. The lowest BCUT2D eigenvalue weighted by atomic mass is 9.79. The van der Waals surface area contributed by atoms with E-state index in [1.54, 1.807) is 0 Å². The van der Waals surface area contributed by atoms with Crippen molar-refractivity contribution in [3.8, 4) is 0 Å². The summed E-state index contributed by atoms with van der Waals surface area (Å²) in [6.45, 7) is 8.51. The van der Waals surface area contributed by atoms with E-state index in [9.17, 15) is 0 Å². The molecule has 0 aromatic rings. The summed E-state index contributed by atoms with van der Waals surface area (Å²) in [5.74, 6) is 0. The maximum absolute atomic E-state index is 8.93. The summed E-state index contributed by atoms with van der Waals surface area (Å²) in [6.07, 6.45) is 3.16. The summed E-state index contributed by atoms with van der Waals surface area (Å²) in [4.78, 5) is 2.46. The number of rotatable bonds is 8. The van der Waals surface area contributed by atoms with Gasteiger partial charge < -0.3 is 20.1 Å². The average Bonchev–Trinajstić information content (AvgIpc) is 2.36. The van der Waals surface area contributed by atoms with Crippen molar-refractivity contribution in [2.75, 3.05) is 53.0 Å². The first kappa shape index (κ1) is 14.9. The van der Waals surface area contributed by atoms with Crippen molar-refractivity contribution >= 4 is 0 Å². The van der Waals surface area contributed by atoms with Crippen molar-refractivity contribution < 1.29 is 9.84 Å². The van der Waals surface area contributed by atoms with Crippen LogP contribution in [0.3, 0.4) is 0 Å². The molecule has 0 saturated carbocycles. The van der Waals surface area contributed by atoms with Gasteiger partial charge in [-0.15, -0.1) is 0 Å². The molecule has 0 aliphatic carbocycles. The first-order valence-corrected chi connectivity index (χ1v) is 6.82. The summed E-state index contributed by atoms with van der Waals surface area (Å²) in [5, 5.41) is 12.3. The zero-order chi connectivity index (χ0) is 12.6. The Morgan fingerprint density at radius 1 is 1.35 bits per heavy atom. The Morgan fingerprint density at radius 2 is 2.06 bits per heavy atom. The van der Waals surface area contributed by atoms with E-state index >= 15 is 0 Å². The minimum absolute atomic E-state index is 0.290. The van der Waals surface area contributed by atoms with Gasteiger partial charge in [-0.3, -0.25) is 0 Å². The van der Waals surface area contributed by atoms with Gasteiger partial charge in [-0.1, -0.05) is 6.92 Å². The molecule has 102 valence electrons. The van der Waals surface area contributed by atoms with Gasteiger partial charge in [0.1, 0.15) is 0 Å². The van der Waals surface area contributed by atoms with Crippen LogP contribution in [-0.2, 0) is 4.74 Å². The average molecular weight is 244 g/mol. The molecule has 0 amide bonds. The fourth-order valence-electron chi connectivity index (χ4n) is 2.69. The smallest absolute Gasteiger partial charge is 0.0472 e. The van der Waals surface area contributed by atoms with E-state index < -0.39 is 0 Å². The van der Waals surface area contributed by atoms with Crippen LogP contribution >= 0.6 is 0 Å². The Hall–Kier alpha value is -0.160. The minimum atomic E-state index is 0.290. The molecule has 0 aromatic heterocycles. The number of hydrogen-bond donors (Lipinski definition) is 2. The van der Waals surface area contributed by atoms with E-state index in [1.807, 2.05) is 7.05 Å². The van der Waals surface area contributed by atoms with Gasteiger partial charge in [0.2, 0.25) is 0 Å². The lowest BCUT2D eigenvalue weighted by Gasteiger charge is -2.41. The second-order valence-corrected chi connectivity index (χ2v) is 5.09. The molecule has 17 heavy (non-hydrogen) atoms. The quantitative estimate of drug-likeness (QED) is 0.660. The van der Waals surface area contributed by atoms with Crippen molar-refractivity contribution in [1.29, 1.82) is 0 Å². The zero-order valence-electron chi connectivity index (χ0n) is 11.4. The second kappa shape index (κ2) is 8.03. The molecular formula is C13H28N2O2. The molecule has 0 unspecified atom stereocenters. The van der Waals surface area contributed by atoms with E-state index in [0.717, 1.165) is 58.7 Å². The van der Waals surface area contributed by atoms with Gasteiger partial charge in [0.15, 0.2) is 0 Å². The lowest BCUT2D eigenvalue weighted by molar-refractivity contribution is -0.00347. The third kappa shape index (κ3) is 4.92. The molecule has 1 rings (SSSR count). The predicted octanol–water partition coefficient (Wildman–Crippen LogP) is 0.707. The third-order valence-corrected chi connectivity index (χ3v) is 3.74. The fraction of sp³-hybridized carbons (Fsp3) is 1.00. The van der Waals surface area contributed by atoms with Crippen LogP contribution < -0.4 is 5.32 Å². The molecule has 1 aliphatic heterocycles. The van der Waals surface area contributed by atoms with Gasteiger partial charge in [-0.25, -0.2) is 0 Å². The Kier molecular flexibility index (Phi) is 7.04. The molecule has 1 fully saturated rings. The summed E-state index contributed by atoms with van der Waals surface area (Å²) in [5.41, 5.74) is 0.360. The van der Waals surface area contributed by atoms with Crippen molar-refractivity contribution in [2.24, 2.45) is 5.41 Å². The van der Waals surface area contributed by atoms with Gasteiger partial charge in [0.05, 0.1) is 0 Å². The molecule has 0 atom stereocenters. The minimum Gasteiger partial charge on any atom is -0.396 e. The molecule has 1 saturated heterocycles. The van der Waals surface area contributed by atoms with E-state index in [1.165, 1.54) is 0 Å². The van der Waals surface area contributed by atoms with Gasteiger partial charge >= 0.3 is 0 Å². The molecule has 0 aromatic carbocycles. The Morgan fingerprint density at radius 3 is 2.59 bits per heavy atom. The highest BCUT2D eigenvalue weighted by atomic mass is 16.5. The highest BCUT2D eigenvalue weighted by Gasteiger charge is 2.33. The standard InChI is InChI=1S/C13H28N2O2/c1-3-15(7-4-8-16)12-13(11-14-2)5-9-17-10-6-13/h14,16H,3-12H2,1-2H3. The molecule has 0 spiro atoms. The van der Waals surface area contributed by atoms with Crippen LogP contribution in [0, 0.1) is 5.41 Å². The second-order valence-electron chi connectivity index (χ2n) is 5.09. The molecule has 1 aliphatic rings. The summed E-state index contributed by atoms with van der Waals surface area (Å²) < 4.78 is 5.48. The normalized spacial score (nSPS) is 19.8. The Balaban J connectivity index is 2.50. The van der Waals surface area contributed by atoms with Gasteiger partial charge in [-0.05, 0) is 38.3 Å². The van der Waals surface area contributed by atoms with Gasteiger partial charge in [0, 0.05) is 39.5 Å². The number of nitrogens with zero attached hydrogens (tertiary/aromatic N) is 1. The summed E-state index contributed by atoms with van der Waals surface area (Å²) in [6, 6.07) is 0. The Bertz CT molecular complexity index is 188. The third-order valence-electron chi connectivity index (χ3n) is 3.74. The van der Waals surface area contributed by atoms with Crippen LogP contribution in [0.1, 0.15) is 26.2 Å². The largest absolute Gasteiger partial charge is 0.396 e. The van der Waals surface area contributed by atoms with Crippen LogP contribution in [0.2, 0.25) is 0 Å². The predicted molar refractivity (Wildman–Crippen MR) is 70.2 cm³/mol. The molecular weight excluding hydrogens is 216 g/mol. The highest BCUT2D eigenvalue weighted by molar-refractivity contribution is 4.86.